The lowest BCUT2D eigenvalue weighted by Crippen LogP contribution is -2.43. The molecular formula is C11H24NO4P. The standard InChI is InChI=1S/C11H24NO4P/c1-6-15-17(14,16-7-2)11(9(5)13)10(12)8(3)4/h8,10-11H,6-7,12H2,1-5H3. The molecule has 0 heterocycles. The van der Waals surface area contributed by atoms with E-state index in [1.54, 1.807) is 13.8 Å². The maximum Gasteiger partial charge on any atom is 0.342 e. The predicted molar refractivity (Wildman–Crippen MR) is 68.1 cm³/mol. The van der Waals surface area contributed by atoms with Crippen molar-refractivity contribution in [1.29, 1.82) is 0 Å². The van der Waals surface area contributed by atoms with Crippen molar-refractivity contribution in [3.05, 3.63) is 0 Å². The van der Waals surface area contributed by atoms with Crippen molar-refractivity contribution in [3.63, 3.8) is 0 Å². The molecule has 6 heteroatoms. The molecule has 2 atom stereocenters. The summed E-state index contributed by atoms with van der Waals surface area (Å²) in [6.07, 6.45) is 0. The molecule has 0 saturated carbocycles. The zero-order valence-electron chi connectivity index (χ0n) is 11.3. The van der Waals surface area contributed by atoms with Crippen molar-refractivity contribution in [2.24, 2.45) is 11.7 Å². The first-order chi connectivity index (χ1) is 7.80. The minimum Gasteiger partial charge on any atom is -0.326 e. The van der Waals surface area contributed by atoms with Gasteiger partial charge in [-0.2, -0.15) is 0 Å². The quantitative estimate of drug-likeness (QED) is 0.680. The molecule has 17 heavy (non-hydrogen) atoms. The van der Waals surface area contributed by atoms with E-state index < -0.39 is 19.3 Å². The van der Waals surface area contributed by atoms with Gasteiger partial charge in [-0.1, -0.05) is 13.8 Å². The Morgan fingerprint density at radius 2 is 1.65 bits per heavy atom. The topological polar surface area (TPSA) is 78.6 Å². The molecule has 0 aliphatic rings. The van der Waals surface area contributed by atoms with E-state index in [1.165, 1.54) is 6.92 Å². The normalized spacial score (nSPS) is 15.9. The van der Waals surface area contributed by atoms with Crippen LogP contribution in [-0.2, 0) is 18.4 Å². The molecule has 0 spiro atoms. The van der Waals surface area contributed by atoms with Gasteiger partial charge in [-0.3, -0.25) is 9.36 Å². The lowest BCUT2D eigenvalue weighted by molar-refractivity contribution is -0.117. The molecular weight excluding hydrogens is 241 g/mol. The number of carbonyl (C=O) groups is 1. The second-order valence-electron chi connectivity index (χ2n) is 4.25. The number of carbonyl (C=O) groups excluding carboxylic acids is 1. The fourth-order valence-electron chi connectivity index (χ4n) is 1.63. The Morgan fingerprint density at radius 1 is 1.24 bits per heavy atom. The van der Waals surface area contributed by atoms with E-state index in [4.69, 9.17) is 14.8 Å². The van der Waals surface area contributed by atoms with Gasteiger partial charge in [0.05, 0.1) is 13.2 Å². The number of hydrogen-bond donors (Lipinski definition) is 1. The van der Waals surface area contributed by atoms with E-state index in [0.717, 1.165) is 0 Å². The van der Waals surface area contributed by atoms with E-state index >= 15 is 0 Å². The van der Waals surface area contributed by atoms with Crippen LogP contribution in [0.4, 0.5) is 0 Å². The largest absolute Gasteiger partial charge is 0.342 e. The third kappa shape index (κ3) is 4.51. The number of nitrogens with two attached hydrogens (primary N) is 1. The summed E-state index contributed by atoms with van der Waals surface area (Å²) in [7, 11) is -3.47. The van der Waals surface area contributed by atoms with Gasteiger partial charge in [0, 0.05) is 6.04 Å². The van der Waals surface area contributed by atoms with Gasteiger partial charge in [0.1, 0.15) is 11.4 Å². The SMILES string of the molecule is CCOP(=O)(OCC)C(C(C)=O)C(N)C(C)C. The molecule has 0 saturated heterocycles. The van der Waals surface area contributed by atoms with Crippen LogP contribution in [0.2, 0.25) is 0 Å². The fourth-order valence-corrected chi connectivity index (χ4v) is 3.95. The Kier molecular flexibility index (Phi) is 7.17. The third-order valence-electron chi connectivity index (χ3n) is 2.51. The summed E-state index contributed by atoms with van der Waals surface area (Å²) in [6, 6.07) is -0.531. The first-order valence-corrected chi connectivity index (χ1v) is 7.56. The molecule has 0 aliphatic heterocycles. The zero-order valence-corrected chi connectivity index (χ0v) is 12.2. The van der Waals surface area contributed by atoms with E-state index in [1.807, 2.05) is 13.8 Å². The van der Waals surface area contributed by atoms with Crippen LogP contribution in [0.1, 0.15) is 34.6 Å². The summed E-state index contributed by atoms with van der Waals surface area (Å²) in [5.41, 5.74) is 5.07. The Balaban J connectivity index is 5.24. The number of Topliss-reactive ketones (excluding diaryl/α,β-unsaturated/α-hetero) is 1. The highest BCUT2D eigenvalue weighted by molar-refractivity contribution is 7.55. The molecule has 2 N–H and O–H groups in total. The summed E-state index contributed by atoms with van der Waals surface area (Å²) in [5, 5.41) is 0. The van der Waals surface area contributed by atoms with Crippen molar-refractivity contribution in [3.8, 4) is 0 Å². The predicted octanol–water partition coefficient (Wildman–Crippen LogP) is 2.19. The molecule has 0 aliphatic carbocycles. The summed E-state index contributed by atoms with van der Waals surface area (Å²) in [5.74, 6) is -0.227. The molecule has 0 fully saturated rings. The van der Waals surface area contributed by atoms with Crippen LogP contribution in [0.25, 0.3) is 0 Å². The fraction of sp³-hybridized carbons (Fsp3) is 0.909. The number of ketones is 1. The number of rotatable bonds is 8. The Hall–Kier alpha value is -0.220. The van der Waals surface area contributed by atoms with Gasteiger partial charge in [-0.05, 0) is 26.7 Å². The molecule has 0 rings (SSSR count). The van der Waals surface area contributed by atoms with E-state index in [9.17, 15) is 9.36 Å². The van der Waals surface area contributed by atoms with Gasteiger partial charge in [-0.15, -0.1) is 0 Å². The first kappa shape index (κ1) is 16.8. The average molecular weight is 265 g/mol. The summed E-state index contributed by atoms with van der Waals surface area (Å²) >= 11 is 0. The third-order valence-corrected chi connectivity index (χ3v) is 5.14. The second-order valence-corrected chi connectivity index (χ2v) is 6.40. The Morgan fingerprint density at radius 3 is 1.88 bits per heavy atom. The summed E-state index contributed by atoms with van der Waals surface area (Å²) in [4.78, 5) is 11.7. The minimum atomic E-state index is -3.47. The molecule has 0 radical (unpaired) electrons. The highest BCUT2D eigenvalue weighted by atomic mass is 31.2. The molecule has 0 aromatic rings. The lowest BCUT2D eigenvalue weighted by atomic mass is 10.00. The van der Waals surface area contributed by atoms with Crippen LogP contribution in [0.3, 0.4) is 0 Å². The van der Waals surface area contributed by atoms with Crippen LogP contribution in [-0.4, -0.2) is 30.7 Å². The maximum atomic E-state index is 12.6. The molecule has 0 amide bonds. The minimum absolute atomic E-state index is 0.0261. The molecule has 0 bridgehead atoms. The molecule has 102 valence electrons. The van der Waals surface area contributed by atoms with Crippen molar-refractivity contribution in [2.75, 3.05) is 13.2 Å². The average Bonchev–Trinajstić information content (AvgIpc) is 2.17. The Labute approximate surface area is 104 Å². The van der Waals surface area contributed by atoms with E-state index in [-0.39, 0.29) is 24.9 Å². The van der Waals surface area contributed by atoms with Gasteiger partial charge in [-0.25, -0.2) is 0 Å². The molecule has 2 unspecified atom stereocenters. The van der Waals surface area contributed by atoms with Crippen LogP contribution in [0.15, 0.2) is 0 Å². The highest BCUT2D eigenvalue weighted by Crippen LogP contribution is 2.54. The van der Waals surface area contributed by atoms with Gasteiger partial charge < -0.3 is 14.8 Å². The van der Waals surface area contributed by atoms with E-state index in [2.05, 4.69) is 0 Å². The van der Waals surface area contributed by atoms with Crippen molar-refractivity contribution in [2.45, 2.75) is 46.3 Å². The van der Waals surface area contributed by atoms with Gasteiger partial charge in [0.2, 0.25) is 0 Å². The van der Waals surface area contributed by atoms with Crippen molar-refractivity contribution >= 4 is 13.4 Å². The number of hydrogen-bond acceptors (Lipinski definition) is 5. The summed E-state index contributed by atoms with van der Waals surface area (Å²) < 4.78 is 22.9. The van der Waals surface area contributed by atoms with E-state index in [0.29, 0.717) is 0 Å². The molecule has 0 aromatic carbocycles. The van der Waals surface area contributed by atoms with Gasteiger partial charge in [0.15, 0.2) is 0 Å². The van der Waals surface area contributed by atoms with Crippen molar-refractivity contribution < 1.29 is 18.4 Å². The smallest absolute Gasteiger partial charge is 0.326 e. The zero-order chi connectivity index (χ0) is 13.6. The van der Waals surface area contributed by atoms with Gasteiger partial charge in [0.25, 0.3) is 0 Å². The summed E-state index contributed by atoms with van der Waals surface area (Å²) in [6.45, 7) is 9.01. The molecule has 5 nitrogen and oxygen atoms in total. The van der Waals surface area contributed by atoms with Gasteiger partial charge >= 0.3 is 7.60 Å². The maximum absolute atomic E-state index is 12.6. The molecule has 0 aromatic heterocycles. The van der Waals surface area contributed by atoms with Crippen LogP contribution >= 0.6 is 7.60 Å². The van der Waals surface area contributed by atoms with Crippen LogP contribution in [0, 0.1) is 5.92 Å². The van der Waals surface area contributed by atoms with Crippen LogP contribution in [0.5, 0.6) is 0 Å². The van der Waals surface area contributed by atoms with Crippen molar-refractivity contribution in [1.82, 2.24) is 0 Å². The highest BCUT2D eigenvalue weighted by Gasteiger charge is 2.43. The lowest BCUT2D eigenvalue weighted by Gasteiger charge is -2.30. The second kappa shape index (κ2) is 7.27. The Bertz CT molecular complexity index is 283. The first-order valence-electron chi connectivity index (χ1n) is 5.94. The van der Waals surface area contributed by atoms with Crippen LogP contribution < -0.4 is 5.73 Å². The monoisotopic (exact) mass is 265 g/mol.